The number of amides is 2. The van der Waals surface area contributed by atoms with Gasteiger partial charge in [-0.2, -0.15) is 0 Å². The van der Waals surface area contributed by atoms with Crippen LogP contribution in [0.3, 0.4) is 0 Å². The number of hydrogen-bond donors (Lipinski definition) is 1. The number of benzene rings is 2. The molecule has 1 N–H and O–H groups in total. The van der Waals surface area contributed by atoms with E-state index < -0.39 is 16.1 Å². The van der Waals surface area contributed by atoms with Gasteiger partial charge in [0.1, 0.15) is 6.04 Å². The molecule has 0 aliphatic heterocycles. The quantitative estimate of drug-likeness (QED) is 0.345. The van der Waals surface area contributed by atoms with Crippen molar-refractivity contribution in [3.63, 3.8) is 0 Å². The van der Waals surface area contributed by atoms with Gasteiger partial charge >= 0.3 is 0 Å². The molecule has 0 aromatic heterocycles. The molecule has 0 fully saturated rings. The number of nitrogens with zero attached hydrogens (tertiary/aromatic N) is 2. The Morgan fingerprint density at radius 2 is 1.78 bits per heavy atom. The van der Waals surface area contributed by atoms with Crippen LogP contribution in [0.4, 0.5) is 5.69 Å². The SMILES string of the molecule is CCCCNC(=O)[C@@H](C)N(Cc1ccccc1Cl)C(=O)CCCN(c1cc(Cl)ccc1C)S(C)(=O)=O. The largest absolute Gasteiger partial charge is 0.354 e. The molecule has 2 aromatic rings. The van der Waals surface area contributed by atoms with Crippen molar-refractivity contribution in [2.45, 2.75) is 59.0 Å². The summed E-state index contributed by atoms with van der Waals surface area (Å²) < 4.78 is 26.3. The molecule has 0 saturated carbocycles. The molecule has 0 aliphatic rings. The number of unbranched alkanes of at least 4 members (excludes halogenated alkanes) is 1. The molecule has 2 rings (SSSR count). The molecular weight excluding hydrogens is 521 g/mol. The second-order valence-electron chi connectivity index (χ2n) is 8.80. The van der Waals surface area contributed by atoms with Crippen molar-refractivity contribution in [1.29, 1.82) is 0 Å². The lowest BCUT2D eigenvalue weighted by Crippen LogP contribution is -2.48. The Balaban J connectivity index is 2.19. The predicted octanol–water partition coefficient (Wildman–Crippen LogP) is 5.18. The summed E-state index contributed by atoms with van der Waals surface area (Å²) in [5.74, 6) is -0.500. The highest BCUT2D eigenvalue weighted by Gasteiger charge is 2.27. The lowest BCUT2D eigenvalue weighted by Gasteiger charge is -2.30. The third-order valence-corrected chi connectivity index (χ3v) is 7.67. The first-order chi connectivity index (χ1) is 17.0. The highest BCUT2D eigenvalue weighted by Crippen LogP contribution is 2.27. The van der Waals surface area contributed by atoms with Gasteiger partial charge in [0.15, 0.2) is 0 Å². The Morgan fingerprint density at radius 3 is 2.42 bits per heavy atom. The number of halogens is 2. The second kappa shape index (κ2) is 13.9. The van der Waals surface area contributed by atoms with Crippen LogP contribution < -0.4 is 9.62 Å². The topological polar surface area (TPSA) is 86.8 Å². The molecule has 2 aromatic carbocycles. The minimum absolute atomic E-state index is 0.0582. The van der Waals surface area contributed by atoms with Gasteiger partial charge in [-0.1, -0.05) is 60.8 Å². The van der Waals surface area contributed by atoms with Crippen LogP contribution in [0.5, 0.6) is 0 Å². The molecule has 0 spiro atoms. The lowest BCUT2D eigenvalue weighted by atomic mass is 10.1. The van der Waals surface area contributed by atoms with Crippen molar-refractivity contribution in [3.05, 3.63) is 63.6 Å². The Bertz CT molecular complexity index is 1160. The molecule has 36 heavy (non-hydrogen) atoms. The Morgan fingerprint density at radius 1 is 1.08 bits per heavy atom. The zero-order valence-corrected chi connectivity index (χ0v) is 23.6. The van der Waals surface area contributed by atoms with Gasteiger partial charge in [0.25, 0.3) is 0 Å². The summed E-state index contributed by atoms with van der Waals surface area (Å²) in [5.41, 5.74) is 1.97. The van der Waals surface area contributed by atoms with Crippen LogP contribution in [0.2, 0.25) is 10.0 Å². The van der Waals surface area contributed by atoms with Crippen LogP contribution in [-0.4, -0.2) is 50.5 Å². The van der Waals surface area contributed by atoms with E-state index in [1.165, 1.54) is 9.21 Å². The highest BCUT2D eigenvalue weighted by molar-refractivity contribution is 7.92. The number of sulfonamides is 1. The number of hydrogen-bond acceptors (Lipinski definition) is 4. The van der Waals surface area contributed by atoms with Crippen LogP contribution in [0.1, 0.15) is 50.7 Å². The fraction of sp³-hybridized carbons (Fsp3) is 0.462. The summed E-state index contributed by atoms with van der Waals surface area (Å²) in [5, 5.41) is 3.81. The van der Waals surface area contributed by atoms with E-state index in [1.54, 1.807) is 44.2 Å². The van der Waals surface area contributed by atoms with Gasteiger partial charge in [-0.25, -0.2) is 8.42 Å². The fourth-order valence-electron chi connectivity index (χ4n) is 3.76. The molecule has 0 radical (unpaired) electrons. The lowest BCUT2D eigenvalue weighted by molar-refractivity contribution is -0.140. The average Bonchev–Trinajstić information content (AvgIpc) is 2.81. The maximum atomic E-state index is 13.3. The van der Waals surface area contributed by atoms with Crippen molar-refractivity contribution in [3.8, 4) is 0 Å². The molecule has 0 bridgehead atoms. The highest BCUT2D eigenvalue weighted by atomic mass is 35.5. The van der Waals surface area contributed by atoms with Crippen LogP contribution >= 0.6 is 23.2 Å². The maximum absolute atomic E-state index is 13.3. The van der Waals surface area contributed by atoms with E-state index in [0.29, 0.717) is 22.3 Å². The van der Waals surface area contributed by atoms with Gasteiger partial charge in [-0.05, 0) is 56.0 Å². The van der Waals surface area contributed by atoms with Crippen LogP contribution in [0, 0.1) is 6.92 Å². The van der Waals surface area contributed by atoms with E-state index in [0.717, 1.165) is 30.2 Å². The van der Waals surface area contributed by atoms with Gasteiger partial charge in [0.2, 0.25) is 21.8 Å². The Hall–Kier alpha value is -2.29. The van der Waals surface area contributed by atoms with E-state index >= 15 is 0 Å². The second-order valence-corrected chi connectivity index (χ2v) is 11.6. The van der Waals surface area contributed by atoms with Crippen molar-refractivity contribution in [2.75, 3.05) is 23.7 Å². The summed E-state index contributed by atoms with van der Waals surface area (Å²) in [6.45, 7) is 6.34. The van der Waals surface area contributed by atoms with Crippen molar-refractivity contribution in [2.24, 2.45) is 0 Å². The number of nitrogens with one attached hydrogen (secondary N) is 1. The van der Waals surface area contributed by atoms with E-state index in [-0.39, 0.29) is 37.7 Å². The minimum Gasteiger partial charge on any atom is -0.354 e. The molecule has 2 amide bonds. The molecule has 10 heteroatoms. The number of anilines is 1. The van der Waals surface area contributed by atoms with Gasteiger partial charge in [-0.15, -0.1) is 0 Å². The molecule has 0 saturated heterocycles. The Labute approximate surface area is 224 Å². The Kier molecular flexibility index (Phi) is 11.5. The molecule has 1 atom stereocenters. The number of rotatable bonds is 13. The number of carbonyl (C=O) groups is 2. The van der Waals surface area contributed by atoms with Gasteiger partial charge in [0, 0.05) is 36.1 Å². The van der Waals surface area contributed by atoms with Crippen molar-refractivity contribution >= 4 is 50.7 Å². The summed E-state index contributed by atoms with van der Waals surface area (Å²) >= 11 is 12.4. The summed E-state index contributed by atoms with van der Waals surface area (Å²) in [4.78, 5) is 27.6. The first kappa shape index (κ1) is 29.9. The third kappa shape index (κ3) is 8.68. The zero-order valence-electron chi connectivity index (χ0n) is 21.3. The molecule has 7 nitrogen and oxygen atoms in total. The maximum Gasteiger partial charge on any atom is 0.242 e. The van der Waals surface area contributed by atoms with Gasteiger partial charge in [0.05, 0.1) is 11.9 Å². The molecule has 0 unspecified atom stereocenters. The van der Waals surface area contributed by atoms with E-state index in [9.17, 15) is 18.0 Å². The standard InChI is InChI=1S/C26H35Cl2N3O4S/c1-5-6-15-29-26(33)20(3)30(18-21-10-7-8-11-23(21)28)25(32)12-9-16-31(36(4,34)35)24-17-22(27)14-13-19(24)2/h7-8,10-11,13-14,17,20H,5-6,9,12,15-16,18H2,1-4H3,(H,29,33)/t20-/m1/s1. The molecular formula is C26H35Cl2N3O4S. The van der Waals surface area contributed by atoms with Crippen molar-refractivity contribution < 1.29 is 18.0 Å². The zero-order chi connectivity index (χ0) is 26.9. The molecule has 0 aliphatic carbocycles. The van der Waals surface area contributed by atoms with Gasteiger partial charge < -0.3 is 10.2 Å². The van der Waals surface area contributed by atoms with Crippen LogP contribution in [0.25, 0.3) is 0 Å². The summed E-state index contributed by atoms with van der Waals surface area (Å²) in [6.07, 6.45) is 3.24. The average molecular weight is 557 g/mol. The van der Waals surface area contributed by atoms with Crippen LogP contribution in [-0.2, 0) is 26.2 Å². The van der Waals surface area contributed by atoms with Gasteiger partial charge in [-0.3, -0.25) is 13.9 Å². The van der Waals surface area contributed by atoms with E-state index in [1.807, 2.05) is 19.1 Å². The van der Waals surface area contributed by atoms with E-state index in [4.69, 9.17) is 23.2 Å². The molecule has 198 valence electrons. The van der Waals surface area contributed by atoms with Crippen molar-refractivity contribution in [1.82, 2.24) is 10.2 Å². The van der Waals surface area contributed by atoms with Crippen LogP contribution in [0.15, 0.2) is 42.5 Å². The third-order valence-electron chi connectivity index (χ3n) is 5.89. The predicted molar refractivity (Wildman–Crippen MR) is 147 cm³/mol. The van der Waals surface area contributed by atoms with E-state index in [2.05, 4.69) is 5.32 Å². The smallest absolute Gasteiger partial charge is 0.242 e. The first-order valence-corrected chi connectivity index (χ1v) is 14.6. The number of aryl methyl sites for hydroxylation is 1. The summed E-state index contributed by atoms with van der Waals surface area (Å²) in [7, 11) is -3.60. The first-order valence-electron chi connectivity index (χ1n) is 12.0. The number of carbonyl (C=O) groups excluding carboxylic acids is 2. The fourth-order valence-corrected chi connectivity index (χ4v) is 5.14. The summed E-state index contributed by atoms with van der Waals surface area (Å²) in [6, 6.07) is 11.5. The monoisotopic (exact) mass is 555 g/mol. The minimum atomic E-state index is -3.60. The molecule has 0 heterocycles. The normalized spacial score (nSPS) is 12.2.